The van der Waals surface area contributed by atoms with Gasteiger partial charge in [-0.3, -0.25) is 34.2 Å². The summed E-state index contributed by atoms with van der Waals surface area (Å²) in [5.41, 5.74) is 1.10. The Kier molecular flexibility index (Phi) is 7.78. The van der Waals surface area contributed by atoms with E-state index in [4.69, 9.17) is 0 Å². The highest BCUT2D eigenvalue weighted by Gasteiger charge is 2.45. The minimum Gasteiger partial charge on any atom is -0.384 e. The summed E-state index contributed by atoms with van der Waals surface area (Å²) >= 11 is 3.10. The summed E-state index contributed by atoms with van der Waals surface area (Å²) in [6, 6.07) is 4.05. The van der Waals surface area contributed by atoms with Gasteiger partial charge in [-0.1, -0.05) is 34.8 Å². The van der Waals surface area contributed by atoms with Gasteiger partial charge in [0.15, 0.2) is 0 Å². The fourth-order valence-corrected chi connectivity index (χ4v) is 3.96. The van der Waals surface area contributed by atoms with Crippen molar-refractivity contribution in [1.29, 1.82) is 0 Å². The van der Waals surface area contributed by atoms with Gasteiger partial charge < -0.3 is 10.6 Å². The fourth-order valence-electron chi connectivity index (χ4n) is 3.76. The zero-order valence-electron chi connectivity index (χ0n) is 17.0. The van der Waals surface area contributed by atoms with Crippen LogP contribution in [0.3, 0.4) is 0 Å². The van der Waals surface area contributed by atoms with Gasteiger partial charge in [0.05, 0.1) is 16.5 Å². The van der Waals surface area contributed by atoms with Crippen molar-refractivity contribution in [2.45, 2.75) is 44.6 Å². The Hall–Kier alpha value is -2.75. The average Bonchev–Trinajstić information content (AvgIpc) is 3.01. The number of nitrogens with zero attached hydrogens (tertiary/aromatic N) is 1. The number of hydrogen-bond acceptors (Lipinski definition) is 6. The molecule has 1 unspecified atom stereocenters. The molecule has 0 spiro atoms. The summed E-state index contributed by atoms with van der Waals surface area (Å²) < 4.78 is 0. The van der Waals surface area contributed by atoms with Gasteiger partial charge in [-0.05, 0) is 31.4 Å². The Morgan fingerprint density at radius 1 is 1.06 bits per heavy atom. The van der Waals surface area contributed by atoms with E-state index in [9.17, 15) is 24.0 Å². The van der Waals surface area contributed by atoms with Crippen LogP contribution in [0.2, 0.25) is 0 Å². The molecule has 1 saturated heterocycles. The van der Waals surface area contributed by atoms with E-state index in [1.54, 1.807) is 18.2 Å². The van der Waals surface area contributed by atoms with Crippen LogP contribution >= 0.6 is 15.9 Å². The van der Waals surface area contributed by atoms with E-state index < -0.39 is 29.7 Å². The molecule has 2 aliphatic rings. The number of hydrogen-bond donors (Lipinski definition) is 3. The van der Waals surface area contributed by atoms with Gasteiger partial charge in [0.2, 0.25) is 17.7 Å². The number of nitrogens with one attached hydrogen (secondary N) is 3. The van der Waals surface area contributed by atoms with E-state index in [1.807, 2.05) is 0 Å². The molecule has 5 amide bonds. The van der Waals surface area contributed by atoms with Crippen molar-refractivity contribution in [1.82, 2.24) is 15.5 Å². The molecule has 0 bridgehead atoms. The van der Waals surface area contributed by atoms with E-state index in [0.29, 0.717) is 24.1 Å². The molecule has 1 fully saturated rings. The van der Waals surface area contributed by atoms with Crippen LogP contribution in [0, 0.1) is 0 Å². The topological polar surface area (TPSA) is 125 Å². The van der Waals surface area contributed by atoms with Crippen molar-refractivity contribution in [2.24, 2.45) is 0 Å². The zero-order valence-corrected chi connectivity index (χ0v) is 18.6. The molecule has 10 heteroatoms. The average molecular weight is 493 g/mol. The monoisotopic (exact) mass is 492 g/mol. The van der Waals surface area contributed by atoms with Gasteiger partial charge >= 0.3 is 0 Å². The van der Waals surface area contributed by atoms with Crippen LogP contribution in [0.1, 0.15) is 59.2 Å². The van der Waals surface area contributed by atoms with Crippen LogP contribution < -0.4 is 16.0 Å². The molecule has 2 heterocycles. The van der Waals surface area contributed by atoms with Gasteiger partial charge in [-0.2, -0.15) is 0 Å². The Morgan fingerprint density at radius 3 is 2.52 bits per heavy atom. The van der Waals surface area contributed by atoms with Gasteiger partial charge in [-0.15, -0.1) is 0 Å². The summed E-state index contributed by atoms with van der Waals surface area (Å²) in [7, 11) is 0. The Labute approximate surface area is 188 Å². The first-order valence-corrected chi connectivity index (χ1v) is 11.5. The SMILES string of the molecule is O=C(CBr)NCCCCCCNc1cccc2c1C(=O)N(C1CCC(=O)NC1=O)C2=O. The minimum absolute atomic E-state index is 0.0230. The number of piperidine rings is 1. The maximum Gasteiger partial charge on any atom is 0.264 e. The van der Waals surface area contributed by atoms with Crippen molar-refractivity contribution < 1.29 is 24.0 Å². The molecule has 0 aliphatic carbocycles. The highest BCUT2D eigenvalue weighted by atomic mass is 79.9. The number of imide groups is 2. The Bertz CT molecular complexity index is 904. The van der Waals surface area contributed by atoms with Crippen LogP contribution in [-0.4, -0.2) is 58.9 Å². The summed E-state index contributed by atoms with van der Waals surface area (Å²) in [6.45, 7) is 1.28. The lowest BCUT2D eigenvalue weighted by molar-refractivity contribution is -0.136. The Balaban J connectivity index is 1.54. The second-order valence-electron chi connectivity index (χ2n) is 7.50. The summed E-state index contributed by atoms with van der Waals surface area (Å²) in [5, 5.41) is 8.53. The lowest BCUT2D eigenvalue weighted by Gasteiger charge is -2.27. The normalized spacial score (nSPS) is 18.1. The van der Waals surface area contributed by atoms with E-state index in [2.05, 4.69) is 31.9 Å². The largest absolute Gasteiger partial charge is 0.384 e. The first-order chi connectivity index (χ1) is 14.9. The molecule has 3 rings (SSSR count). The predicted octanol–water partition coefficient (Wildman–Crippen LogP) is 1.57. The highest BCUT2D eigenvalue weighted by Crippen LogP contribution is 2.32. The third-order valence-electron chi connectivity index (χ3n) is 5.33. The first-order valence-electron chi connectivity index (χ1n) is 10.3. The molecule has 0 aromatic heterocycles. The third kappa shape index (κ3) is 5.30. The molecule has 1 atom stereocenters. The van der Waals surface area contributed by atoms with Crippen molar-refractivity contribution in [3.8, 4) is 0 Å². The number of halogens is 1. The van der Waals surface area contributed by atoms with Gasteiger partial charge in [0.25, 0.3) is 11.8 Å². The minimum atomic E-state index is -0.969. The number of benzene rings is 1. The van der Waals surface area contributed by atoms with Crippen LogP contribution in [0.25, 0.3) is 0 Å². The molecular weight excluding hydrogens is 468 g/mol. The van der Waals surface area contributed by atoms with E-state index >= 15 is 0 Å². The van der Waals surface area contributed by atoms with E-state index in [1.165, 1.54) is 0 Å². The molecule has 166 valence electrons. The lowest BCUT2D eigenvalue weighted by Crippen LogP contribution is -2.54. The number of anilines is 1. The second kappa shape index (κ2) is 10.5. The van der Waals surface area contributed by atoms with Crippen LogP contribution in [-0.2, 0) is 14.4 Å². The zero-order chi connectivity index (χ0) is 22.4. The smallest absolute Gasteiger partial charge is 0.264 e. The molecule has 9 nitrogen and oxygen atoms in total. The molecule has 2 aliphatic heterocycles. The van der Waals surface area contributed by atoms with Gasteiger partial charge in [0, 0.05) is 25.2 Å². The quantitative estimate of drug-likeness (QED) is 0.258. The van der Waals surface area contributed by atoms with Gasteiger partial charge in [-0.25, -0.2) is 0 Å². The van der Waals surface area contributed by atoms with Crippen molar-refractivity contribution in [2.75, 3.05) is 23.7 Å². The van der Waals surface area contributed by atoms with E-state index in [-0.39, 0.29) is 29.9 Å². The first kappa shape index (κ1) is 22.9. The highest BCUT2D eigenvalue weighted by molar-refractivity contribution is 9.09. The molecular formula is C21H25BrN4O5. The molecule has 1 aromatic rings. The number of rotatable bonds is 10. The standard InChI is InChI=1S/C21H25BrN4O5/c22-12-17(28)24-11-4-2-1-3-10-23-14-7-5-6-13-18(14)21(31)26(20(13)30)15-8-9-16(27)25-19(15)29/h5-7,15,23H,1-4,8-12H2,(H,24,28)(H,25,27,29). The number of fused-ring (bicyclic) bond motifs is 1. The number of alkyl halides is 1. The van der Waals surface area contributed by atoms with Crippen LogP contribution in [0.5, 0.6) is 0 Å². The summed E-state index contributed by atoms with van der Waals surface area (Å²) in [4.78, 5) is 61.5. The van der Waals surface area contributed by atoms with Crippen molar-refractivity contribution in [3.63, 3.8) is 0 Å². The second-order valence-corrected chi connectivity index (χ2v) is 8.06. The maximum absolute atomic E-state index is 13.0. The van der Waals surface area contributed by atoms with Crippen molar-refractivity contribution in [3.05, 3.63) is 29.3 Å². The number of amides is 5. The Morgan fingerprint density at radius 2 is 1.81 bits per heavy atom. The molecule has 0 radical (unpaired) electrons. The summed E-state index contributed by atoms with van der Waals surface area (Å²) in [6.07, 6.45) is 3.92. The number of carbonyl (C=O) groups excluding carboxylic acids is 5. The molecule has 0 saturated carbocycles. The number of carbonyl (C=O) groups is 5. The predicted molar refractivity (Wildman–Crippen MR) is 117 cm³/mol. The van der Waals surface area contributed by atoms with Crippen LogP contribution in [0.15, 0.2) is 18.2 Å². The van der Waals surface area contributed by atoms with Gasteiger partial charge in [0.1, 0.15) is 6.04 Å². The molecule has 1 aromatic carbocycles. The summed E-state index contributed by atoms with van der Waals surface area (Å²) in [5.74, 6) is -2.06. The molecule has 3 N–H and O–H groups in total. The lowest BCUT2D eigenvalue weighted by atomic mass is 10.0. The van der Waals surface area contributed by atoms with Crippen molar-refractivity contribution >= 4 is 51.2 Å². The number of unbranched alkanes of at least 4 members (excludes halogenated alkanes) is 3. The fraction of sp³-hybridized carbons (Fsp3) is 0.476. The van der Waals surface area contributed by atoms with E-state index in [0.717, 1.165) is 30.6 Å². The third-order valence-corrected chi connectivity index (χ3v) is 5.84. The maximum atomic E-state index is 13.0. The van der Waals surface area contributed by atoms with Crippen LogP contribution in [0.4, 0.5) is 5.69 Å². The molecule has 31 heavy (non-hydrogen) atoms.